The van der Waals surface area contributed by atoms with Crippen molar-refractivity contribution < 1.29 is 9.21 Å². The lowest BCUT2D eigenvalue weighted by Crippen LogP contribution is -2.06. The van der Waals surface area contributed by atoms with Gasteiger partial charge in [0, 0.05) is 11.3 Å². The highest BCUT2D eigenvalue weighted by Crippen LogP contribution is 2.17. The first-order chi connectivity index (χ1) is 7.68. The van der Waals surface area contributed by atoms with Gasteiger partial charge < -0.3 is 10.2 Å². The van der Waals surface area contributed by atoms with Crippen LogP contribution in [0.3, 0.4) is 0 Å². The number of furan rings is 1. The molecule has 0 radical (unpaired) electrons. The zero-order chi connectivity index (χ0) is 11.5. The number of ketones is 1. The van der Waals surface area contributed by atoms with Gasteiger partial charge in [0.2, 0.25) is 0 Å². The number of anilines is 1. The summed E-state index contributed by atoms with van der Waals surface area (Å²) in [7, 11) is 0. The molecule has 0 atom stereocenters. The van der Waals surface area contributed by atoms with Crippen molar-refractivity contribution >= 4 is 11.5 Å². The van der Waals surface area contributed by atoms with Crippen molar-refractivity contribution in [2.24, 2.45) is 0 Å². The van der Waals surface area contributed by atoms with Crippen LogP contribution in [-0.2, 0) is 6.42 Å². The van der Waals surface area contributed by atoms with Crippen molar-refractivity contribution in [2.75, 3.05) is 5.73 Å². The van der Waals surface area contributed by atoms with E-state index in [4.69, 9.17) is 10.2 Å². The van der Waals surface area contributed by atoms with Crippen LogP contribution in [0.5, 0.6) is 0 Å². The van der Waals surface area contributed by atoms with Gasteiger partial charge in [0.1, 0.15) is 5.76 Å². The molecule has 1 aromatic heterocycles. The molecule has 3 heteroatoms. The molecule has 3 nitrogen and oxygen atoms in total. The van der Waals surface area contributed by atoms with Crippen LogP contribution >= 0.6 is 0 Å². The molecule has 0 aliphatic heterocycles. The average molecular weight is 215 g/mol. The van der Waals surface area contributed by atoms with Gasteiger partial charge in [0.05, 0.1) is 12.7 Å². The predicted octanol–water partition coefficient (Wildman–Crippen LogP) is 2.60. The van der Waals surface area contributed by atoms with E-state index in [9.17, 15) is 4.79 Å². The van der Waals surface area contributed by atoms with Crippen LogP contribution in [0.2, 0.25) is 0 Å². The Morgan fingerprint density at radius 1 is 1.31 bits per heavy atom. The number of nitrogens with two attached hydrogens (primary N) is 1. The zero-order valence-electron chi connectivity index (χ0n) is 9.07. The third kappa shape index (κ3) is 1.98. The summed E-state index contributed by atoms with van der Waals surface area (Å²) >= 11 is 0. The molecule has 2 N–H and O–H groups in total. The number of benzene rings is 1. The van der Waals surface area contributed by atoms with E-state index in [0.29, 0.717) is 17.0 Å². The van der Waals surface area contributed by atoms with Crippen molar-refractivity contribution in [3.63, 3.8) is 0 Å². The Kier molecular flexibility index (Phi) is 2.77. The highest BCUT2D eigenvalue weighted by molar-refractivity contribution is 5.99. The Morgan fingerprint density at radius 3 is 2.81 bits per heavy atom. The quantitative estimate of drug-likeness (QED) is 0.632. The minimum atomic E-state index is 0.0275. The van der Waals surface area contributed by atoms with Crippen molar-refractivity contribution in [2.45, 2.75) is 13.3 Å². The first-order valence-corrected chi connectivity index (χ1v) is 5.09. The Morgan fingerprint density at radius 2 is 2.12 bits per heavy atom. The van der Waals surface area contributed by atoms with Gasteiger partial charge in [-0.3, -0.25) is 4.79 Å². The molecule has 2 rings (SSSR count). The highest BCUT2D eigenvalue weighted by Gasteiger charge is 2.12. The average Bonchev–Trinajstić information content (AvgIpc) is 2.74. The fourth-order valence-corrected chi connectivity index (χ4v) is 1.62. The summed E-state index contributed by atoms with van der Waals surface area (Å²) in [6.45, 7) is 1.85. The maximum Gasteiger partial charge on any atom is 0.170 e. The lowest BCUT2D eigenvalue weighted by Gasteiger charge is -2.06. The minimum absolute atomic E-state index is 0.0275. The number of carbonyl (C=O) groups is 1. The SMILES string of the molecule is Cc1c(N)cccc1C(=O)Cc1ccco1. The third-order valence-electron chi connectivity index (χ3n) is 2.59. The number of nitrogen functional groups attached to an aromatic ring is 1. The molecule has 2 aromatic rings. The highest BCUT2D eigenvalue weighted by atomic mass is 16.3. The molecule has 0 saturated carbocycles. The molecule has 82 valence electrons. The molecule has 0 amide bonds. The van der Waals surface area contributed by atoms with Gasteiger partial charge in [-0.15, -0.1) is 0 Å². The van der Waals surface area contributed by atoms with E-state index in [1.54, 1.807) is 36.6 Å². The standard InChI is InChI=1S/C13H13NO2/c1-9-11(5-2-6-12(9)14)13(15)8-10-4-3-7-16-10/h2-7H,8,14H2,1H3. The zero-order valence-corrected chi connectivity index (χ0v) is 9.07. The maximum absolute atomic E-state index is 12.0. The summed E-state index contributed by atoms with van der Waals surface area (Å²) in [5.74, 6) is 0.701. The summed E-state index contributed by atoms with van der Waals surface area (Å²) in [5.41, 5.74) is 7.90. The Bertz CT molecular complexity index is 501. The molecule has 0 saturated heterocycles. The summed E-state index contributed by atoms with van der Waals surface area (Å²) in [6, 6.07) is 8.93. The largest absolute Gasteiger partial charge is 0.469 e. The number of rotatable bonds is 3. The molecular formula is C13H13NO2. The second-order valence-corrected chi connectivity index (χ2v) is 3.70. The van der Waals surface area contributed by atoms with E-state index in [1.165, 1.54) is 0 Å². The monoisotopic (exact) mass is 215 g/mol. The first kappa shape index (κ1) is 10.5. The van der Waals surface area contributed by atoms with Crippen LogP contribution in [0.4, 0.5) is 5.69 Å². The van der Waals surface area contributed by atoms with E-state index >= 15 is 0 Å². The van der Waals surface area contributed by atoms with Gasteiger partial charge in [-0.05, 0) is 30.7 Å². The van der Waals surface area contributed by atoms with E-state index in [1.807, 2.05) is 6.92 Å². The van der Waals surface area contributed by atoms with E-state index < -0.39 is 0 Å². The van der Waals surface area contributed by atoms with Gasteiger partial charge in [-0.25, -0.2) is 0 Å². The fraction of sp³-hybridized carbons (Fsp3) is 0.154. The molecule has 0 spiro atoms. The summed E-state index contributed by atoms with van der Waals surface area (Å²) in [6.07, 6.45) is 1.84. The van der Waals surface area contributed by atoms with Gasteiger partial charge in [0.15, 0.2) is 5.78 Å². The molecule has 1 heterocycles. The van der Waals surface area contributed by atoms with E-state index in [-0.39, 0.29) is 12.2 Å². The summed E-state index contributed by atoms with van der Waals surface area (Å²) in [4.78, 5) is 12.0. The number of hydrogen-bond donors (Lipinski definition) is 1. The normalized spacial score (nSPS) is 10.3. The Labute approximate surface area is 93.9 Å². The van der Waals surface area contributed by atoms with Crippen LogP contribution in [0.25, 0.3) is 0 Å². The second-order valence-electron chi connectivity index (χ2n) is 3.70. The fourth-order valence-electron chi connectivity index (χ4n) is 1.62. The smallest absolute Gasteiger partial charge is 0.170 e. The van der Waals surface area contributed by atoms with Crippen LogP contribution in [0, 0.1) is 6.92 Å². The van der Waals surface area contributed by atoms with E-state index in [2.05, 4.69) is 0 Å². The molecule has 0 unspecified atom stereocenters. The molecule has 1 aromatic carbocycles. The number of hydrogen-bond acceptors (Lipinski definition) is 3. The maximum atomic E-state index is 12.0. The molecule has 0 aliphatic carbocycles. The molecule has 16 heavy (non-hydrogen) atoms. The second kappa shape index (κ2) is 4.23. The lowest BCUT2D eigenvalue weighted by molar-refractivity contribution is 0.0986. The Balaban J connectivity index is 2.24. The van der Waals surface area contributed by atoms with Crippen LogP contribution in [0.1, 0.15) is 21.7 Å². The van der Waals surface area contributed by atoms with Crippen LogP contribution in [0.15, 0.2) is 41.0 Å². The number of carbonyl (C=O) groups excluding carboxylic acids is 1. The minimum Gasteiger partial charge on any atom is -0.469 e. The molecule has 0 fully saturated rings. The van der Waals surface area contributed by atoms with Gasteiger partial charge in [-0.2, -0.15) is 0 Å². The van der Waals surface area contributed by atoms with E-state index in [0.717, 1.165) is 5.56 Å². The van der Waals surface area contributed by atoms with Gasteiger partial charge in [-0.1, -0.05) is 12.1 Å². The van der Waals surface area contributed by atoms with Crippen LogP contribution in [-0.4, -0.2) is 5.78 Å². The molecule has 0 aliphatic rings. The predicted molar refractivity (Wildman–Crippen MR) is 62.3 cm³/mol. The van der Waals surface area contributed by atoms with Crippen molar-refractivity contribution in [3.05, 3.63) is 53.5 Å². The topological polar surface area (TPSA) is 56.2 Å². The van der Waals surface area contributed by atoms with Gasteiger partial charge >= 0.3 is 0 Å². The lowest BCUT2D eigenvalue weighted by atomic mass is 10.0. The first-order valence-electron chi connectivity index (χ1n) is 5.09. The summed E-state index contributed by atoms with van der Waals surface area (Å²) in [5, 5.41) is 0. The van der Waals surface area contributed by atoms with Crippen molar-refractivity contribution in [1.29, 1.82) is 0 Å². The van der Waals surface area contributed by atoms with Crippen LogP contribution < -0.4 is 5.73 Å². The molecule has 0 bridgehead atoms. The molecular weight excluding hydrogens is 202 g/mol. The number of Topliss-reactive ketones (excluding diaryl/α,β-unsaturated/α-hetero) is 1. The third-order valence-corrected chi connectivity index (χ3v) is 2.59. The summed E-state index contributed by atoms with van der Waals surface area (Å²) < 4.78 is 5.14. The van der Waals surface area contributed by atoms with Gasteiger partial charge in [0.25, 0.3) is 0 Å². The Hall–Kier alpha value is -2.03. The van der Waals surface area contributed by atoms with Crippen molar-refractivity contribution in [1.82, 2.24) is 0 Å². The van der Waals surface area contributed by atoms with Crippen molar-refractivity contribution in [3.8, 4) is 0 Å².